The topological polar surface area (TPSA) is 58.2 Å². The number of carbonyl (C=O) groups excluding carboxylic acids is 2. The summed E-state index contributed by atoms with van der Waals surface area (Å²) in [4.78, 5) is 22.9. The molecule has 0 bridgehead atoms. The van der Waals surface area contributed by atoms with E-state index >= 15 is 0 Å². The lowest BCUT2D eigenvalue weighted by Crippen LogP contribution is -2.43. The van der Waals surface area contributed by atoms with E-state index in [-0.39, 0.29) is 11.8 Å². The highest BCUT2D eigenvalue weighted by Crippen LogP contribution is 2.19. The Balaban J connectivity index is 2.20. The van der Waals surface area contributed by atoms with Crippen LogP contribution in [0.5, 0.6) is 0 Å². The molecule has 0 saturated heterocycles. The second-order valence-corrected chi connectivity index (χ2v) is 5.18. The van der Waals surface area contributed by atoms with Crippen LogP contribution in [0.2, 0.25) is 0 Å². The van der Waals surface area contributed by atoms with Crippen LogP contribution < -0.4 is 10.6 Å². The summed E-state index contributed by atoms with van der Waals surface area (Å²) in [7, 11) is 0. The zero-order valence-electron chi connectivity index (χ0n) is 11.6. The first kappa shape index (κ1) is 15.0. The van der Waals surface area contributed by atoms with Crippen molar-refractivity contribution in [1.82, 2.24) is 10.6 Å². The van der Waals surface area contributed by atoms with E-state index in [0.717, 1.165) is 38.5 Å². The molecule has 4 heteroatoms. The third-order valence-electron chi connectivity index (χ3n) is 3.41. The highest BCUT2D eigenvalue weighted by molar-refractivity contribution is 5.76. The summed E-state index contributed by atoms with van der Waals surface area (Å²) in [6.07, 6.45) is 6.95. The Kier molecular flexibility index (Phi) is 6.76. The second kappa shape index (κ2) is 8.11. The van der Waals surface area contributed by atoms with E-state index in [4.69, 9.17) is 0 Å². The van der Waals surface area contributed by atoms with Crippen molar-refractivity contribution >= 4 is 11.8 Å². The molecule has 0 aromatic carbocycles. The summed E-state index contributed by atoms with van der Waals surface area (Å²) in [5.41, 5.74) is 0. The van der Waals surface area contributed by atoms with Crippen molar-refractivity contribution in [2.45, 2.75) is 77.3 Å². The normalized spacial score (nSPS) is 23.4. The van der Waals surface area contributed by atoms with E-state index in [1.807, 2.05) is 13.8 Å². The van der Waals surface area contributed by atoms with Crippen LogP contribution in [0.15, 0.2) is 0 Å². The SMILES string of the molecule is CCCC(=O)NC1CCC(NC(=O)CCC)CC1. The molecule has 104 valence electrons. The number of rotatable bonds is 6. The lowest BCUT2D eigenvalue weighted by atomic mass is 9.91. The molecule has 1 aliphatic carbocycles. The zero-order valence-corrected chi connectivity index (χ0v) is 11.6. The average Bonchev–Trinajstić information content (AvgIpc) is 2.32. The predicted molar refractivity (Wildman–Crippen MR) is 72.1 cm³/mol. The van der Waals surface area contributed by atoms with Gasteiger partial charge in [-0.15, -0.1) is 0 Å². The monoisotopic (exact) mass is 254 g/mol. The Morgan fingerprint density at radius 1 is 0.833 bits per heavy atom. The van der Waals surface area contributed by atoms with Crippen molar-refractivity contribution in [3.05, 3.63) is 0 Å². The lowest BCUT2D eigenvalue weighted by molar-refractivity contribution is -0.123. The van der Waals surface area contributed by atoms with Gasteiger partial charge < -0.3 is 10.6 Å². The number of amides is 2. The van der Waals surface area contributed by atoms with Crippen LogP contribution in [0.4, 0.5) is 0 Å². The van der Waals surface area contributed by atoms with Gasteiger partial charge in [0.2, 0.25) is 11.8 Å². The van der Waals surface area contributed by atoms with Gasteiger partial charge in [0.25, 0.3) is 0 Å². The fourth-order valence-electron chi connectivity index (χ4n) is 2.44. The standard InChI is InChI=1S/C14H26N2O2/c1-3-5-13(17)15-11-7-9-12(10-8-11)16-14(18)6-4-2/h11-12H,3-10H2,1-2H3,(H,15,17)(H,16,18). The summed E-state index contributed by atoms with van der Waals surface area (Å²) >= 11 is 0. The third kappa shape index (κ3) is 5.52. The molecule has 1 fully saturated rings. The summed E-state index contributed by atoms with van der Waals surface area (Å²) in [6, 6.07) is 0.617. The molecule has 1 aliphatic rings. The van der Waals surface area contributed by atoms with Crippen molar-refractivity contribution in [3.8, 4) is 0 Å². The van der Waals surface area contributed by atoms with Crippen molar-refractivity contribution in [3.63, 3.8) is 0 Å². The molecular formula is C14H26N2O2. The van der Waals surface area contributed by atoms with Crippen LogP contribution in [0.3, 0.4) is 0 Å². The van der Waals surface area contributed by atoms with Crippen molar-refractivity contribution in [2.24, 2.45) is 0 Å². The van der Waals surface area contributed by atoms with Crippen molar-refractivity contribution < 1.29 is 9.59 Å². The molecule has 1 saturated carbocycles. The molecule has 0 radical (unpaired) electrons. The Hall–Kier alpha value is -1.06. The molecule has 0 spiro atoms. The Morgan fingerprint density at radius 3 is 1.44 bits per heavy atom. The van der Waals surface area contributed by atoms with Gasteiger partial charge in [0.15, 0.2) is 0 Å². The molecule has 2 N–H and O–H groups in total. The van der Waals surface area contributed by atoms with Gasteiger partial charge in [-0.1, -0.05) is 13.8 Å². The van der Waals surface area contributed by atoms with Gasteiger partial charge in [0, 0.05) is 24.9 Å². The van der Waals surface area contributed by atoms with Crippen molar-refractivity contribution in [2.75, 3.05) is 0 Å². The maximum Gasteiger partial charge on any atom is 0.220 e. The van der Waals surface area contributed by atoms with E-state index in [9.17, 15) is 9.59 Å². The minimum absolute atomic E-state index is 0.163. The molecule has 18 heavy (non-hydrogen) atoms. The predicted octanol–water partition coefficient (Wildman–Crippen LogP) is 2.13. The molecule has 0 aliphatic heterocycles. The van der Waals surface area contributed by atoms with Crippen LogP contribution in [0.1, 0.15) is 65.2 Å². The molecule has 0 aromatic rings. The van der Waals surface area contributed by atoms with E-state index in [1.165, 1.54) is 0 Å². The van der Waals surface area contributed by atoms with Gasteiger partial charge in [-0.25, -0.2) is 0 Å². The van der Waals surface area contributed by atoms with Crippen LogP contribution in [-0.4, -0.2) is 23.9 Å². The number of nitrogens with one attached hydrogen (secondary N) is 2. The van der Waals surface area contributed by atoms with Gasteiger partial charge in [0.1, 0.15) is 0 Å². The molecule has 0 atom stereocenters. The largest absolute Gasteiger partial charge is 0.353 e. The zero-order chi connectivity index (χ0) is 13.4. The van der Waals surface area contributed by atoms with Gasteiger partial charge in [0.05, 0.1) is 0 Å². The maximum atomic E-state index is 11.5. The molecular weight excluding hydrogens is 228 g/mol. The maximum absolute atomic E-state index is 11.5. The molecule has 1 rings (SSSR count). The number of carbonyl (C=O) groups is 2. The Morgan fingerprint density at radius 2 is 1.17 bits per heavy atom. The highest BCUT2D eigenvalue weighted by atomic mass is 16.2. The Bertz CT molecular complexity index is 243. The second-order valence-electron chi connectivity index (χ2n) is 5.18. The summed E-state index contributed by atoms with van der Waals surface area (Å²) < 4.78 is 0. The molecule has 4 nitrogen and oxygen atoms in total. The van der Waals surface area contributed by atoms with E-state index < -0.39 is 0 Å². The van der Waals surface area contributed by atoms with Gasteiger partial charge >= 0.3 is 0 Å². The fraction of sp³-hybridized carbons (Fsp3) is 0.857. The lowest BCUT2D eigenvalue weighted by Gasteiger charge is -2.29. The van der Waals surface area contributed by atoms with E-state index in [2.05, 4.69) is 10.6 Å². The van der Waals surface area contributed by atoms with Gasteiger partial charge in [-0.2, -0.15) is 0 Å². The van der Waals surface area contributed by atoms with Gasteiger partial charge in [-0.05, 0) is 38.5 Å². The third-order valence-corrected chi connectivity index (χ3v) is 3.41. The summed E-state index contributed by atoms with van der Waals surface area (Å²) in [6.45, 7) is 4.03. The Labute approximate surface area is 110 Å². The first-order chi connectivity index (χ1) is 8.65. The first-order valence-corrected chi connectivity index (χ1v) is 7.24. The van der Waals surface area contributed by atoms with E-state index in [0.29, 0.717) is 24.9 Å². The quantitative estimate of drug-likeness (QED) is 0.763. The minimum atomic E-state index is 0.163. The van der Waals surface area contributed by atoms with Crippen LogP contribution in [0, 0.1) is 0 Å². The molecule has 0 aromatic heterocycles. The number of hydrogen-bond donors (Lipinski definition) is 2. The fourth-order valence-corrected chi connectivity index (χ4v) is 2.44. The first-order valence-electron chi connectivity index (χ1n) is 7.24. The molecule has 0 heterocycles. The smallest absolute Gasteiger partial charge is 0.220 e. The number of hydrogen-bond acceptors (Lipinski definition) is 2. The average molecular weight is 254 g/mol. The molecule has 0 unspecified atom stereocenters. The molecule has 2 amide bonds. The van der Waals surface area contributed by atoms with Crippen LogP contribution in [0.25, 0.3) is 0 Å². The van der Waals surface area contributed by atoms with Crippen LogP contribution >= 0.6 is 0 Å². The van der Waals surface area contributed by atoms with Crippen LogP contribution in [-0.2, 0) is 9.59 Å². The van der Waals surface area contributed by atoms with Crippen molar-refractivity contribution in [1.29, 1.82) is 0 Å². The van der Waals surface area contributed by atoms with Gasteiger partial charge in [-0.3, -0.25) is 9.59 Å². The summed E-state index contributed by atoms with van der Waals surface area (Å²) in [5, 5.41) is 6.13. The summed E-state index contributed by atoms with van der Waals surface area (Å²) in [5.74, 6) is 0.326. The highest BCUT2D eigenvalue weighted by Gasteiger charge is 2.22. The van der Waals surface area contributed by atoms with E-state index in [1.54, 1.807) is 0 Å². The minimum Gasteiger partial charge on any atom is -0.353 e.